The first-order valence-corrected chi connectivity index (χ1v) is 44.0. The molecule has 0 radical (unpaired) electrons. The number of rotatable bonds is 8. The number of fused-ring (bicyclic) bond motifs is 20. The Labute approximate surface area is 782 Å². The maximum Gasteiger partial charge on any atom is 0.178 e. The average molecular weight is 1750 g/mol. The molecule has 7 unspecified atom stereocenters. The SMILES string of the molecule is [2H]C(C)(C)N1c2ncccc2N(c2c(C)ccc3c2oc2ccccc23)C1C.[2H]C([2H])([2H])C([2H])(C)N1c2cccnc2N(c2c(C)ccc3c2oc2ccccc23)C1C.[2H]C([2H])([2H])C([2H])(C)N1c2ncccc2N(c2c(C)ccc3c2oc2ccccc23)C1C.[2H]C([2H])([2H])N1c2ncccc2N(c2c(C)ccc3c2oc2ccccc23)C1C.[2H]C([2H])([2H])N1c2nccnc2N(c2c(C)ccc3c2oc2ccccc23)C1C. The highest BCUT2D eigenvalue weighted by molar-refractivity contribution is 6.16. The lowest BCUT2D eigenvalue weighted by atomic mass is 10.1. The van der Waals surface area contributed by atoms with E-state index in [1.165, 1.54) is 29.8 Å². The van der Waals surface area contributed by atoms with Gasteiger partial charge in [0.05, 0.1) is 55.3 Å². The highest BCUT2D eigenvalue weighted by Crippen LogP contribution is 2.55. The molecule has 0 amide bonds. The minimum Gasteiger partial charge on any atom is -0.454 e. The number of anilines is 15. The lowest BCUT2D eigenvalue weighted by Crippen LogP contribution is -2.42. The van der Waals surface area contributed by atoms with Gasteiger partial charge in [-0.15, -0.1) is 0 Å². The zero-order chi connectivity index (χ0) is 103. The largest absolute Gasteiger partial charge is 0.454 e. The van der Waals surface area contributed by atoms with Gasteiger partial charge in [-0.05, 0) is 217 Å². The fourth-order valence-electron chi connectivity index (χ4n) is 20.0. The van der Waals surface area contributed by atoms with Crippen LogP contribution in [-0.4, -0.2) is 92.7 Å². The number of hydrogen-bond acceptors (Lipinski definition) is 21. The van der Waals surface area contributed by atoms with Crippen LogP contribution in [0.3, 0.4) is 0 Å². The van der Waals surface area contributed by atoms with Crippen molar-refractivity contribution in [3.63, 3.8) is 0 Å². The number of aromatic nitrogens is 6. The number of furan rings is 5. The van der Waals surface area contributed by atoms with Crippen molar-refractivity contribution >= 4 is 196 Å². The van der Waals surface area contributed by atoms with Crippen molar-refractivity contribution in [2.45, 2.75) is 160 Å². The molecule has 10 aromatic carbocycles. The summed E-state index contributed by atoms with van der Waals surface area (Å²) in [6, 6.07) is 71.0. The Morgan fingerprint density at radius 2 is 0.519 bits per heavy atom. The van der Waals surface area contributed by atoms with Gasteiger partial charge in [0.1, 0.15) is 58.7 Å². The predicted octanol–water partition coefficient (Wildman–Crippen LogP) is 27.8. The Balaban J connectivity index is 0.000000107. The molecule has 5 aliphatic rings. The average Bonchev–Trinajstić information content (AvgIpc) is 1.59. The van der Waals surface area contributed by atoms with Crippen LogP contribution >= 0.6 is 0 Å². The van der Waals surface area contributed by atoms with E-state index < -0.39 is 70.4 Å². The summed E-state index contributed by atoms with van der Waals surface area (Å²) in [4.78, 5) is 45.1. The van der Waals surface area contributed by atoms with Gasteiger partial charge in [0.15, 0.2) is 62.8 Å². The Hall–Kier alpha value is -15.1. The second-order valence-corrected chi connectivity index (χ2v) is 34.1. The molecule has 0 aliphatic carbocycles. The number of benzene rings is 10. The monoisotopic (exact) mass is 1750 g/mol. The van der Waals surface area contributed by atoms with Gasteiger partial charge < -0.3 is 66.2 Å². The van der Waals surface area contributed by atoms with E-state index in [0.717, 1.165) is 189 Å². The van der Waals surface area contributed by atoms with E-state index in [4.69, 9.17) is 42.6 Å². The van der Waals surface area contributed by atoms with Gasteiger partial charge in [-0.2, -0.15) is 0 Å². The van der Waals surface area contributed by atoms with Crippen LogP contribution in [0.4, 0.5) is 86.1 Å². The molecule has 0 N–H and O–H groups in total. The number of aryl methyl sites for hydroxylation is 5. The summed E-state index contributed by atoms with van der Waals surface area (Å²) in [5, 5.41) is 10.3. The maximum atomic E-state index is 8.78. The Bertz CT molecular complexity index is 7880. The first-order valence-electron chi connectivity index (χ1n) is 51.5. The van der Waals surface area contributed by atoms with Crippen molar-refractivity contribution < 1.29 is 42.6 Å². The summed E-state index contributed by atoms with van der Waals surface area (Å²) in [5.41, 5.74) is 20.6. The summed E-state index contributed by atoms with van der Waals surface area (Å²) in [6.45, 7) is 16.8. The zero-order valence-electron chi connectivity index (χ0n) is 90.0. The van der Waals surface area contributed by atoms with Crippen LogP contribution in [0.1, 0.15) is 124 Å². The minimum atomic E-state index is -2.52. The van der Waals surface area contributed by atoms with Crippen molar-refractivity contribution in [1.82, 2.24) is 29.9 Å². The highest BCUT2D eigenvalue weighted by Gasteiger charge is 2.44. The molecule has 0 fully saturated rings. The second-order valence-electron chi connectivity index (χ2n) is 34.1. The molecule has 0 saturated carbocycles. The third-order valence-corrected chi connectivity index (χ3v) is 25.9. The van der Waals surface area contributed by atoms with E-state index in [9.17, 15) is 0 Å². The maximum absolute atomic E-state index is 8.78. The van der Waals surface area contributed by atoms with Crippen molar-refractivity contribution in [3.05, 3.63) is 296 Å². The quantitative estimate of drug-likeness (QED) is 0.140. The van der Waals surface area contributed by atoms with Crippen LogP contribution in [-0.2, 0) is 0 Å². The molecule has 656 valence electrons. The van der Waals surface area contributed by atoms with Crippen LogP contribution < -0.4 is 49.0 Å². The topological polar surface area (TPSA) is 175 Å². The number of hydrogen-bond donors (Lipinski definition) is 0. The summed E-state index contributed by atoms with van der Waals surface area (Å²) < 4.78 is 154. The van der Waals surface area contributed by atoms with E-state index >= 15 is 0 Å². The standard InChI is InChI=1S/3C23H23N3O.C21H19N3O.C20H18N4O/c2*1-14(2)25-16(4)26(19-9-7-13-24-23(19)25)21-15(3)11-12-18-17-8-5-6-10-20(17)27-22(18)21;1-14(2)25-16(4)26(23-19(25)9-7-13-24-23)21-15(3)11-12-18-17-8-5-6-10-20(17)27-22(18)21;1-13-10-11-16-15-7-4-5-9-18(15)25-20(16)19(13)24-14(2)23(3)21-17(24)8-6-12-22-21;1-12-8-9-15-14-6-4-5-7-16(14)25-18(15)17(12)24-13(2)23(3)19-20(24)22-11-10-21-19/h3*5-14,16H,1-4H3;4-12,14H,1-3H3;4-11,13H,1-3H3/i1D3,14D;14D;1D3,14D;2*3D3. The van der Waals surface area contributed by atoms with E-state index in [2.05, 4.69) is 108 Å². The third kappa shape index (κ3) is 13.3. The molecule has 21 heteroatoms. The predicted molar refractivity (Wildman–Crippen MR) is 539 cm³/mol. The second kappa shape index (κ2) is 32.6. The summed E-state index contributed by atoms with van der Waals surface area (Å²) in [6.07, 6.45) is 7.94. The van der Waals surface area contributed by atoms with Gasteiger partial charge in [-0.1, -0.05) is 152 Å². The molecular weight excluding hydrogens is 1630 g/mol. The smallest absolute Gasteiger partial charge is 0.178 e. The van der Waals surface area contributed by atoms with E-state index in [-0.39, 0.29) is 6.17 Å². The molecule has 7 atom stereocenters. The first kappa shape index (κ1) is 67.2. The van der Waals surface area contributed by atoms with Gasteiger partial charge >= 0.3 is 0 Å². The molecule has 15 heterocycles. The molecule has 131 heavy (non-hydrogen) atoms. The number of para-hydroxylation sites is 5. The van der Waals surface area contributed by atoms with Gasteiger partial charge in [0.25, 0.3) is 0 Å². The van der Waals surface area contributed by atoms with Crippen LogP contribution in [0.2, 0.25) is 0 Å². The molecule has 10 aromatic heterocycles. The zero-order valence-corrected chi connectivity index (χ0v) is 75.0. The molecule has 0 saturated heterocycles. The van der Waals surface area contributed by atoms with Crippen LogP contribution in [0.15, 0.2) is 290 Å². The molecule has 25 rings (SSSR count). The Morgan fingerprint density at radius 3 is 0.878 bits per heavy atom. The number of pyridine rings is 4. The molecule has 0 spiro atoms. The highest BCUT2D eigenvalue weighted by atomic mass is 16.3. The Morgan fingerprint density at radius 1 is 0.252 bits per heavy atom. The molecule has 21 nitrogen and oxygen atoms in total. The fraction of sp³-hybridized carbons (Fsp3) is 0.236. The molecule has 5 aliphatic heterocycles. The lowest BCUT2D eigenvalue weighted by molar-refractivity contribution is 0.598. The minimum absolute atomic E-state index is 0.0603. The van der Waals surface area contributed by atoms with E-state index in [1.54, 1.807) is 46.9 Å². The van der Waals surface area contributed by atoms with E-state index in [1.807, 2.05) is 259 Å². The van der Waals surface area contributed by atoms with Crippen molar-refractivity contribution in [2.24, 2.45) is 0 Å². The van der Waals surface area contributed by atoms with Gasteiger partial charge in [0, 0.05) is 139 Å². The molecule has 0 bridgehead atoms. The summed E-state index contributed by atoms with van der Waals surface area (Å²) in [5.74, 6) is 3.26. The van der Waals surface area contributed by atoms with Crippen LogP contribution in [0, 0.1) is 34.6 Å². The van der Waals surface area contributed by atoms with Crippen molar-refractivity contribution in [2.75, 3.05) is 63.0 Å². The normalized spacial score (nSPS) is 19.8. The first-order chi connectivity index (χ1) is 69.4. The fourth-order valence-corrected chi connectivity index (χ4v) is 20.0. The van der Waals surface area contributed by atoms with Gasteiger partial charge in [0.2, 0.25) is 0 Å². The van der Waals surface area contributed by atoms with Gasteiger partial charge in [-0.3, -0.25) is 4.90 Å². The third-order valence-electron chi connectivity index (χ3n) is 25.9. The Kier molecular flexibility index (Phi) is 16.7. The molecular formula is C110H106N16O5. The number of nitrogens with zero attached hydrogens (tertiary/aromatic N) is 16. The summed E-state index contributed by atoms with van der Waals surface area (Å²) >= 11 is 0. The van der Waals surface area contributed by atoms with Crippen LogP contribution in [0.25, 0.3) is 110 Å². The van der Waals surface area contributed by atoms with E-state index in [0.29, 0.717) is 34.8 Å². The van der Waals surface area contributed by atoms with Crippen molar-refractivity contribution in [1.29, 1.82) is 0 Å². The summed E-state index contributed by atoms with van der Waals surface area (Å²) in [7, 11) is 0. The van der Waals surface area contributed by atoms with Gasteiger partial charge in [-0.25, -0.2) is 29.9 Å². The lowest BCUT2D eigenvalue weighted by Gasteiger charge is -2.33. The van der Waals surface area contributed by atoms with Crippen LogP contribution in [0.5, 0.6) is 0 Å². The van der Waals surface area contributed by atoms with Crippen molar-refractivity contribution in [3.8, 4) is 0 Å². The molecule has 20 aromatic rings.